The minimum atomic E-state index is -0.830. The number of amides is 1. The van der Waals surface area contributed by atoms with Gasteiger partial charge in [0.25, 0.3) is 11.5 Å². The van der Waals surface area contributed by atoms with Crippen LogP contribution in [0.2, 0.25) is 0 Å². The smallest absolute Gasteiger partial charge is 0.271 e. The van der Waals surface area contributed by atoms with E-state index in [1.165, 1.54) is 23.0 Å². The van der Waals surface area contributed by atoms with Gasteiger partial charge in [0, 0.05) is 27.4 Å². The number of nitrogens with one attached hydrogen (secondary N) is 1. The zero-order chi connectivity index (χ0) is 27.7. The summed E-state index contributed by atoms with van der Waals surface area (Å²) in [6.07, 6.45) is 1.62. The summed E-state index contributed by atoms with van der Waals surface area (Å²) in [6, 6.07) is 18.5. The predicted molar refractivity (Wildman–Crippen MR) is 154 cm³/mol. The van der Waals surface area contributed by atoms with Gasteiger partial charge >= 0.3 is 0 Å². The molecule has 0 saturated carbocycles. The molecule has 1 aliphatic heterocycles. The number of carbonyl (C=O) groups excluding carboxylic acids is 1. The molecule has 0 spiro atoms. The van der Waals surface area contributed by atoms with Gasteiger partial charge in [-0.25, -0.2) is 4.99 Å². The van der Waals surface area contributed by atoms with Crippen molar-refractivity contribution in [1.82, 2.24) is 4.57 Å². The summed E-state index contributed by atoms with van der Waals surface area (Å²) in [5.41, 5.74) is 2.13. The van der Waals surface area contributed by atoms with E-state index >= 15 is 0 Å². The van der Waals surface area contributed by atoms with Crippen molar-refractivity contribution < 1.29 is 19.4 Å². The van der Waals surface area contributed by atoms with E-state index in [0.717, 1.165) is 4.47 Å². The minimum absolute atomic E-state index is 0.0384. The van der Waals surface area contributed by atoms with Crippen molar-refractivity contribution in [1.29, 1.82) is 0 Å². The molecule has 0 unspecified atom stereocenters. The molecule has 1 aliphatic rings. The van der Waals surface area contributed by atoms with Crippen LogP contribution in [0.5, 0.6) is 17.2 Å². The fourth-order valence-corrected chi connectivity index (χ4v) is 5.87. The Kier molecular flexibility index (Phi) is 7.40. The molecule has 0 fully saturated rings. The molecule has 4 aromatic rings. The SMILES string of the molecule is COc1ccc([C@@H]2C(C(=O)Nc3ccccc3)=C(C)N=c3s/c(=C\c4cc(Br)ccc4O)c(=O)n32)c(OC)c1. The van der Waals surface area contributed by atoms with E-state index in [9.17, 15) is 14.7 Å². The van der Waals surface area contributed by atoms with Gasteiger partial charge in [0.1, 0.15) is 23.3 Å². The number of carbonyl (C=O) groups is 1. The van der Waals surface area contributed by atoms with E-state index in [-0.39, 0.29) is 17.2 Å². The van der Waals surface area contributed by atoms with Crippen molar-refractivity contribution in [3.63, 3.8) is 0 Å². The van der Waals surface area contributed by atoms with Crippen molar-refractivity contribution in [2.24, 2.45) is 4.99 Å². The molecule has 1 amide bonds. The second kappa shape index (κ2) is 10.9. The number of anilines is 1. The van der Waals surface area contributed by atoms with Crippen LogP contribution in [0.15, 0.2) is 92.3 Å². The number of aromatic hydroxyl groups is 1. The summed E-state index contributed by atoms with van der Waals surface area (Å²) in [4.78, 5) is 32.7. The van der Waals surface area contributed by atoms with E-state index in [1.54, 1.807) is 68.6 Å². The van der Waals surface area contributed by atoms with Crippen LogP contribution in [0.25, 0.3) is 6.08 Å². The number of para-hydroxylation sites is 1. The third kappa shape index (κ3) is 5.13. The van der Waals surface area contributed by atoms with Crippen LogP contribution in [0.4, 0.5) is 5.69 Å². The van der Waals surface area contributed by atoms with Gasteiger partial charge < -0.3 is 19.9 Å². The third-order valence-corrected chi connectivity index (χ3v) is 7.79. The number of phenols is 1. The number of halogens is 1. The second-order valence-corrected chi connectivity index (χ2v) is 10.6. The Balaban J connectivity index is 1.74. The molecule has 10 heteroatoms. The Morgan fingerprint density at radius 1 is 1.10 bits per heavy atom. The van der Waals surface area contributed by atoms with Crippen molar-refractivity contribution >= 4 is 44.9 Å². The zero-order valence-electron chi connectivity index (χ0n) is 21.3. The summed E-state index contributed by atoms with van der Waals surface area (Å²) in [6.45, 7) is 1.75. The van der Waals surface area contributed by atoms with Gasteiger partial charge in [-0.15, -0.1) is 0 Å². The number of phenolic OH excluding ortho intramolecular Hbond substituents is 1. The lowest BCUT2D eigenvalue weighted by Gasteiger charge is -2.26. The Labute approximate surface area is 236 Å². The molecule has 2 N–H and O–H groups in total. The van der Waals surface area contributed by atoms with Crippen LogP contribution in [0, 0.1) is 0 Å². The molecule has 8 nitrogen and oxygen atoms in total. The van der Waals surface area contributed by atoms with Crippen molar-refractivity contribution in [2.75, 3.05) is 19.5 Å². The lowest BCUT2D eigenvalue weighted by Crippen LogP contribution is -2.40. The van der Waals surface area contributed by atoms with E-state index in [2.05, 4.69) is 26.2 Å². The molecule has 3 aromatic carbocycles. The molecule has 0 bridgehead atoms. The van der Waals surface area contributed by atoms with Crippen LogP contribution in [0.1, 0.15) is 24.1 Å². The second-order valence-electron chi connectivity index (χ2n) is 8.71. The highest BCUT2D eigenvalue weighted by atomic mass is 79.9. The number of rotatable bonds is 6. The highest BCUT2D eigenvalue weighted by Gasteiger charge is 2.34. The maximum atomic E-state index is 13.9. The van der Waals surface area contributed by atoms with Crippen LogP contribution in [-0.4, -0.2) is 29.8 Å². The van der Waals surface area contributed by atoms with E-state index < -0.39 is 6.04 Å². The molecule has 39 heavy (non-hydrogen) atoms. The van der Waals surface area contributed by atoms with Gasteiger partial charge in [-0.05, 0) is 55.5 Å². The molecule has 1 aromatic heterocycles. The highest BCUT2D eigenvalue weighted by Crippen LogP contribution is 2.37. The molecule has 0 saturated heterocycles. The Morgan fingerprint density at radius 3 is 2.59 bits per heavy atom. The predicted octanol–water partition coefficient (Wildman–Crippen LogP) is 4.36. The first-order valence-electron chi connectivity index (χ1n) is 11.9. The number of fused-ring (bicyclic) bond motifs is 1. The van der Waals surface area contributed by atoms with Gasteiger partial charge in [-0.3, -0.25) is 14.2 Å². The van der Waals surface area contributed by atoms with Crippen molar-refractivity contribution in [2.45, 2.75) is 13.0 Å². The monoisotopic (exact) mass is 605 g/mol. The van der Waals surface area contributed by atoms with Crippen molar-refractivity contribution in [3.8, 4) is 17.2 Å². The molecule has 0 radical (unpaired) electrons. The fourth-order valence-electron chi connectivity index (χ4n) is 4.45. The topological polar surface area (TPSA) is 102 Å². The standard InChI is InChI=1S/C29H24BrN3O5S/c1-16-25(27(35)32-19-7-5-4-6-8-19)26(21-11-10-20(37-2)15-23(21)38-3)33-28(36)24(39-29(33)31-16)14-17-13-18(30)9-12-22(17)34/h4-15,26,34H,1-3H3,(H,32,35)/b24-14-/t26-/m1/s1. The Morgan fingerprint density at radius 2 is 1.87 bits per heavy atom. The first-order valence-corrected chi connectivity index (χ1v) is 13.5. The number of aromatic nitrogens is 1. The average molecular weight is 606 g/mol. The lowest BCUT2D eigenvalue weighted by molar-refractivity contribution is -0.113. The highest BCUT2D eigenvalue weighted by molar-refractivity contribution is 9.10. The molecular weight excluding hydrogens is 582 g/mol. The molecule has 1 atom stereocenters. The number of thiazole rings is 1. The Bertz CT molecular complexity index is 1790. The summed E-state index contributed by atoms with van der Waals surface area (Å²) < 4.78 is 13.7. The summed E-state index contributed by atoms with van der Waals surface area (Å²) in [5, 5.41) is 13.3. The fraction of sp³-hybridized carbons (Fsp3) is 0.138. The maximum absolute atomic E-state index is 13.9. The van der Waals surface area contributed by atoms with Gasteiger partial charge in [-0.1, -0.05) is 45.5 Å². The first kappa shape index (κ1) is 26.5. The number of allylic oxidation sites excluding steroid dienone is 1. The number of hydrogen-bond donors (Lipinski definition) is 2. The summed E-state index contributed by atoms with van der Waals surface area (Å²) in [7, 11) is 3.08. The normalized spacial score (nSPS) is 15.0. The molecule has 198 valence electrons. The van der Waals surface area contributed by atoms with E-state index in [1.807, 2.05) is 18.2 Å². The van der Waals surface area contributed by atoms with Gasteiger partial charge in [0.2, 0.25) is 0 Å². The lowest BCUT2D eigenvalue weighted by atomic mass is 9.94. The molecule has 5 rings (SSSR count). The van der Waals surface area contributed by atoms with E-state index in [4.69, 9.17) is 9.47 Å². The average Bonchev–Trinajstić information content (AvgIpc) is 3.24. The van der Waals surface area contributed by atoms with Gasteiger partial charge in [-0.2, -0.15) is 0 Å². The van der Waals surface area contributed by atoms with Crippen LogP contribution in [-0.2, 0) is 4.79 Å². The number of methoxy groups -OCH3 is 2. The zero-order valence-corrected chi connectivity index (χ0v) is 23.7. The number of ether oxygens (including phenoxy) is 2. The third-order valence-electron chi connectivity index (χ3n) is 6.31. The minimum Gasteiger partial charge on any atom is -0.507 e. The van der Waals surface area contributed by atoms with Crippen LogP contribution in [0.3, 0.4) is 0 Å². The molecule has 0 aliphatic carbocycles. The maximum Gasteiger partial charge on any atom is 0.271 e. The number of benzene rings is 3. The first-order chi connectivity index (χ1) is 18.8. The van der Waals surface area contributed by atoms with Crippen LogP contribution < -0.4 is 29.7 Å². The van der Waals surface area contributed by atoms with Crippen molar-refractivity contribution in [3.05, 3.63) is 113 Å². The Hall–Kier alpha value is -4.15. The van der Waals surface area contributed by atoms with Crippen LogP contribution >= 0.6 is 27.3 Å². The molecular formula is C29H24BrN3O5S. The summed E-state index contributed by atoms with van der Waals surface area (Å²) >= 11 is 4.59. The molecule has 2 heterocycles. The number of nitrogens with zero attached hydrogens (tertiary/aromatic N) is 2. The number of hydrogen-bond acceptors (Lipinski definition) is 7. The summed E-state index contributed by atoms with van der Waals surface area (Å²) in [5.74, 6) is 0.683. The largest absolute Gasteiger partial charge is 0.507 e. The van der Waals surface area contributed by atoms with Gasteiger partial charge in [0.05, 0.1) is 30.0 Å². The van der Waals surface area contributed by atoms with E-state index in [0.29, 0.717) is 48.9 Å². The quantitative estimate of drug-likeness (QED) is 0.340. The van der Waals surface area contributed by atoms with Gasteiger partial charge in [0.15, 0.2) is 4.80 Å².